The molecule has 5 nitrogen and oxygen atoms in total. The highest BCUT2D eigenvalue weighted by molar-refractivity contribution is 6.41. The number of carboxylic acids is 1. The Morgan fingerprint density at radius 3 is 2.59 bits per heavy atom. The van der Waals surface area contributed by atoms with Crippen molar-refractivity contribution in [1.82, 2.24) is 10.3 Å². The zero-order valence-corrected chi connectivity index (χ0v) is 10.6. The van der Waals surface area contributed by atoms with E-state index < -0.39 is 17.9 Å². The summed E-state index contributed by atoms with van der Waals surface area (Å²) in [7, 11) is 0. The van der Waals surface area contributed by atoms with Crippen molar-refractivity contribution in [2.75, 3.05) is 0 Å². The molecule has 0 aliphatic rings. The number of amides is 1. The molecule has 1 aromatic heterocycles. The molecule has 0 radical (unpaired) electrons. The number of hydrogen-bond acceptors (Lipinski definition) is 2. The molecule has 1 rings (SSSR count). The fourth-order valence-corrected chi connectivity index (χ4v) is 1.61. The van der Waals surface area contributed by atoms with Gasteiger partial charge in [-0.3, -0.25) is 9.59 Å². The number of aliphatic carboxylic acids is 1. The maximum atomic E-state index is 11.7. The van der Waals surface area contributed by atoms with Gasteiger partial charge in [0.25, 0.3) is 5.91 Å². The second-order valence-corrected chi connectivity index (χ2v) is 4.31. The van der Waals surface area contributed by atoms with Crippen LogP contribution in [0.1, 0.15) is 30.3 Å². The number of carboxylic acid groups (broad SMARTS) is 1. The van der Waals surface area contributed by atoms with E-state index in [0.29, 0.717) is 6.42 Å². The summed E-state index contributed by atoms with van der Waals surface area (Å²) in [4.78, 5) is 24.9. The maximum absolute atomic E-state index is 11.7. The molecule has 1 atom stereocenters. The van der Waals surface area contributed by atoms with Gasteiger partial charge in [0.15, 0.2) is 0 Å². The van der Waals surface area contributed by atoms with E-state index >= 15 is 0 Å². The van der Waals surface area contributed by atoms with Crippen molar-refractivity contribution in [3.05, 3.63) is 21.9 Å². The van der Waals surface area contributed by atoms with Crippen LogP contribution in [0.25, 0.3) is 0 Å². The van der Waals surface area contributed by atoms with Gasteiger partial charge in [-0.2, -0.15) is 0 Å². The first-order valence-corrected chi connectivity index (χ1v) is 5.76. The molecule has 3 N–H and O–H groups in total. The van der Waals surface area contributed by atoms with Gasteiger partial charge in [0.05, 0.1) is 11.4 Å². The van der Waals surface area contributed by atoms with Crippen LogP contribution < -0.4 is 5.32 Å². The molecule has 94 valence electrons. The van der Waals surface area contributed by atoms with Crippen LogP contribution in [-0.2, 0) is 4.79 Å². The van der Waals surface area contributed by atoms with Gasteiger partial charge in [-0.1, -0.05) is 30.1 Å². The van der Waals surface area contributed by atoms with Crippen molar-refractivity contribution in [2.24, 2.45) is 0 Å². The van der Waals surface area contributed by atoms with E-state index in [2.05, 4.69) is 10.3 Å². The molecule has 1 aromatic rings. The number of H-pyrrole nitrogens is 1. The van der Waals surface area contributed by atoms with Crippen molar-refractivity contribution in [1.29, 1.82) is 0 Å². The Bertz CT molecular complexity index is 412. The lowest BCUT2D eigenvalue weighted by Crippen LogP contribution is -2.36. The van der Waals surface area contributed by atoms with E-state index in [1.165, 1.54) is 6.07 Å². The third-order valence-corrected chi connectivity index (χ3v) is 2.91. The summed E-state index contributed by atoms with van der Waals surface area (Å²) in [5.74, 6) is -1.38. The Labute approximate surface area is 108 Å². The Balaban J connectivity index is 2.67. The minimum Gasteiger partial charge on any atom is -0.481 e. The molecule has 1 unspecified atom stereocenters. The summed E-state index contributed by atoms with van der Waals surface area (Å²) in [6, 6.07) is 0.980. The van der Waals surface area contributed by atoms with Crippen molar-refractivity contribution in [2.45, 2.75) is 25.8 Å². The Morgan fingerprint density at radius 1 is 1.53 bits per heavy atom. The molecule has 17 heavy (non-hydrogen) atoms. The van der Waals surface area contributed by atoms with Crippen LogP contribution in [-0.4, -0.2) is 28.0 Å². The van der Waals surface area contributed by atoms with Crippen molar-refractivity contribution in [3.63, 3.8) is 0 Å². The summed E-state index contributed by atoms with van der Waals surface area (Å²) in [6.07, 6.45) is 0.407. The van der Waals surface area contributed by atoms with E-state index in [0.717, 1.165) is 0 Å². The highest BCUT2D eigenvalue weighted by atomic mass is 35.5. The van der Waals surface area contributed by atoms with Crippen molar-refractivity contribution in [3.8, 4) is 0 Å². The Morgan fingerprint density at radius 2 is 2.18 bits per heavy atom. The highest BCUT2D eigenvalue weighted by Gasteiger charge is 2.17. The van der Waals surface area contributed by atoms with Crippen LogP contribution in [0.3, 0.4) is 0 Å². The monoisotopic (exact) mass is 278 g/mol. The van der Waals surface area contributed by atoms with Gasteiger partial charge < -0.3 is 15.4 Å². The molecule has 0 fully saturated rings. The molecular weight excluding hydrogens is 267 g/mol. The molecule has 0 saturated carbocycles. The number of hydrogen-bond donors (Lipinski definition) is 3. The number of carbonyl (C=O) groups excluding carboxylic acids is 1. The fourth-order valence-electron chi connectivity index (χ4n) is 1.30. The average Bonchev–Trinajstić information content (AvgIpc) is 2.57. The number of nitrogens with one attached hydrogen (secondary N) is 2. The second-order valence-electron chi connectivity index (χ2n) is 3.52. The second kappa shape index (κ2) is 5.93. The SMILES string of the molecule is CCC(CC(=O)O)NC(=O)c1cc(Cl)c(Cl)[nH]1. The van der Waals surface area contributed by atoms with Gasteiger partial charge >= 0.3 is 5.97 Å². The smallest absolute Gasteiger partial charge is 0.305 e. The molecule has 0 saturated heterocycles. The molecule has 1 amide bonds. The molecule has 0 aliphatic carbocycles. The van der Waals surface area contributed by atoms with Crippen LogP contribution in [0.15, 0.2) is 6.07 Å². The Kier molecular flexibility index (Phi) is 4.84. The van der Waals surface area contributed by atoms with Gasteiger partial charge in [-0.25, -0.2) is 0 Å². The molecule has 7 heteroatoms. The third-order valence-electron chi connectivity index (χ3n) is 2.22. The lowest BCUT2D eigenvalue weighted by molar-refractivity contribution is -0.137. The number of aromatic nitrogens is 1. The molecule has 0 aromatic carbocycles. The van der Waals surface area contributed by atoms with E-state index in [9.17, 15) is 9.59 Å². The summed E-state index contributed by atoms with van der Waals surface area (Å²) < 4.78 is 0. The predicted octanol–water partition coefficient (Wildman–Crippen LogP) is 2.30. The van der Waals surface area contributed by atoms with Crippen molar-refractivity contribution >= 4 is 35.1 Å². The zero-order valence-electron chi connectivity index (χ0n) is 9.09. The fraction of sp³-hybridized carbons (Fsp3) is 0.400. The number of rotatable bonds is 5. The van der Waals surface area contributed by atoms with Crippen LogP contribution >= 0.6 is 23.2 Å². The van der Waals surface area contributed by atoms with E-state index in [1.54, 1.807) is 6.92 Å². The highest BCUT2D eigenvalue weighted by Crippen LogP contribution is 2.21. The first-order chi connectivity index (χ1) is 7.93. The lowest BCUT2D eigenvalue weighted by atomic mass is 10.1. The van der Waals surface area contributed by atoms with Gasteiger partial charge in [0.2, 0.25) is 0 Å². The van der Waals surface area contributed by atoms with E-state index in [4.69, 9.17) is 28.3 Å². The van der Waals surface area contributed by atoms with Gasteiger partial charge in [-0.15, -0.1) is 0 Å². The number of carbonyl (C=O) groups is 2. The first-order valence-electron chi connectivity index (χ1n) is 5.00. The van der Waals surface area contributed by atoms with Crippen LogP contribution in [0.5, 0.6) is 0 Å². The van der Waals surface area contributed by atoms with Crippen molar-refractivity contribution < 1.29 is 14.7 Å². The molecule has 1 heterocycles. The summed E-state index contributed by atoms with van der Waals surface area (Å²) >= 11 is 11.4. The summed E-state index contributed by atoms with van der Waals surface area (Å²) in [5.41, 5.74) is 0.212. The molecular formula is C10H12Cl2N2O3. The normalized spacial score (nSPS) is 12.2. The van der Waals surface area contributed by atoms with E-state index in [-0.39, 0.29) is 22.3 Å². The van der Waals surface area contributed by atoms with Gasteiger partial charge in [-0.05, 0) is 12.5 Å². The minimum atomic E-state index is -0.959. The summed E-state index contributed by atoms with van der Waals surface area (Å²) in [6.45, 7) is 1.79. The quantitative estimate of drug-likeness (QED) is 0.773. The van der Waals surface area contributed by atoms with Gasteiger partial charge in [0, 0.05) is 6.04 Å². The topological polar surface area (TPSA) is 82.2 Å². The minimum absolute atomic E-state index is 0.121. The lowest BCUT2D eigenvalue weighted by Gasteiger charge is -2.13. The number of halogens is 2. The van der Waals surface area contributed by atoms with Crippen LogP contribution in [0.2, 0.25) is 10.2 Å². The van der Waals surface area contributed by atoms with Crippen LogP contribution in [0, 0.1) is 0 Å². The zero-order chi connectivity index (χ0) is 13.0. The molecule has 0 aliphatic heterocycles. The maximum Gasteiger partial charge on any atom is 0.305 e. The number of aromatic amines is 1. The predicted molar refractivity (Wildman–Crippen MR) is 64.6 cm³/mol. The first kappa shape index (κ1) is 13.9. The van der Waals surface area contributed by atoms with Crippen LogP contribution in [0.4, 0.5) is 0 Å². The standard InChI is InChI=1S/C10H12Cl2N2O3/c1-2-5(3-8(15)16)13-10(17)7-4-6(11)9(12)14-7/h4-5,14H,2-3H2,1H3,(H,13,17)(H,15,16). The molecule has 0 bridgehead atoms. The van der Waals surface area contributed by atoms with E-state index in [1.807, 2.05) is 0 Å². The third kappa shape index (κ3) is 3.94. The molecule has 0 spiro atoms. The Hall–Kier alpha value is -1.20. The summed E-state index contributed by atoms with van der Waals surface area (Å²) in [5, 5.41) is 11.7. The average molecular weight is 279 g/mol. The van der Waals surface area contributed by atoms with Gasteiger partial charge in [0.1, 0.15) is 10.8 Å². The largest absolute Gasteiger partial charge is 0.481 e.